The number of halogens is 2. The maximum atomic E-state index is 13.8. The fourth-order valence-electron chi connectivity index (χ4n) is 4.37. The fraction of sp³-hybridized carbons (Fsp3) is 0.455. The number of nitrogens with one attached hydrogen (secondary N) is 3. The molecule has 0 radical (unpaired) electrons. The number of benzene rings is 1. The van der Waals surface area contributed by atoms with E-state index in [0.29, 0.717) is 28.8 Å². The van der Waals surface area contributed by atoms with Gasteiger partial charge in [0.1, 0.15) is 24.0 Å². The molecule has 2 aromatic heterocycles. The number of anilines is 2. The summed E-state index contributed by atoms with van der Waals surface area (Å²) in [4.78, 5) is 24.1. The summed E-state index contributed by atoms with van der Waals surface area (Å²) in [5.74, 6) is 0.880. The van der Waals surface area contributed by atoms with Gasteiger partial charge in [-0.2, -0.15) is 5.10 Å². The van der Waals surface area contributed by atoms with Gasteiger partial charge in [-0.3, -0.25) is 9.89 Å². The molecule has 1 saturated carbocycles. The lowest BCUT2D eigenvalue weighted by Crippen LogP contribution is -2.55. The number of aromatic amines is 1. The molecule has 1 unspecified atom stereocenters. The molecule has 0 bridgehead atoms. The van der Waals surface area contributed by atoms with Crippen molar-refractivity contribution in [2.24, 2.45) is 11.8 Å². The number of fused-ring (bicyclic) bond motifs is 1. The number of rotatable bonds is 6. The molecule has 3 heterocycles. The van der Waals surface area contributed by atoms with Gasteiger partial charge in [0.05, 0.1) is 11.6 Å². The van der Waals surface area contributed by atoms with Crippen LogP contribution in [-0.4, -0.2) is 51.2 Å². The van der Waals surface area contributed by atoms with Gasteiger partial charge < -0.3 is 15.5 Å². The average molecular weight is 458 g/mol. The largest absolute Gasteiger partial charge is 0.373 e. The first-order valence-corrected chi connectivity index (χ1v) is 11.3. The highest BCUT2D eigenvalue weighted by molar-refractivity contribution is 6.30. The molecular formula is C22H25ClFN7O. The Hall–Kier alpha value is -2.94. The molecule has 8 nitrogen and oxygen atoms in total. The van der Waals surface area contributed by atoms with Gasteiger partial charge in [0, 0.05) is 29.8 Å². The van der Waals surface area contributed by atoms with Crippen LogP contribution in [0.1, 0.15) is 26.2 Å². The molecule has 3 aromatic rings. The molecule has 1 aliphatic heterocycles. The summed E-state index contributed by atoms with van der Waals surface area (Å²) in [6.45, 7) is 3.64. The van der Waals surface area contributed by atoms with Crippen LogP contribution in [0, 0.1) is 17.7 Å². The third-order valence-corrected chi connectivity index (χ3v) is 6.59. The first-order valence-electron chi connectivity index (χ1n) is 10.9. The Bertz CT molecular complexity index is 1110. The lowest BCUT2D eigenvalue weighted by Gasteiger charge is -2.38. The first-order chi connectivity index (χ1) is 15.5. The van der Waals surface area contributed by atoms with Crippen molar-refractivity contribution >= 4 is 40.0 Å². The average Bonchev–Trinajstić information content (AvgIpc) is 3.48. The number of aromatic nitrogens is 4. The van der Waals surface area contributed by atoms with Gasteiger partial charge in [0.15, 0.2) is 5.65 Å². The van der Waals surface area contributed by atoms with E-state index in [0.717, 1.165) is 37.0 Å². The molecule has 1 aromatic carbocycles. The fourth-order valence-corrected chi connectivity index (χ4v) is 4.59. The lowest BCUT2D eigenvalue weighted by atomic mass is 9.92. The van der Waals surface area contributed by atoms with Crippen molar-refractivity contribution in [3.8, 4) is 0 Å². The standard InChI is InChI=1S/C22H25ClFN7O/c1-12-4-5-31(21-17-9-27-30-20(17)25-11-26-21)10-18(12)29-22(32)19(13-2-3-13)28-16-7-14(23)6-15(24)8-16/h6-9,11-13,18-19,28H,2-5,10H2,1H3,(H,29,32)(H,25,26,27,30)/t12-,18-,19?/m0/s1. The summed E-state index contributed by atoms with van der Waals surface area (Å²) >= 11 is 5.99. The van der Waals surface area contributed by atoms with Crippen molar-refractivity contribution in [1.82, 2.24) is 25.5 Å². The van der Waals surface area contributed by atoms with Crippen LogP contribution in [0.25, 0.3) is 11.0 Å². The second-order valence-corrected chi connectivity index (χ2v) is 9.21. The highest BCUT2D eigenvalue weighted by Crippen LogP contribution is 2.35. The molecule has 3 atom stereocenters. The van der Waals surface area contributed by atoms with Gasteiger partial charge in [-0.25, -0.2) is 14.4 Å². The van der Waals surface area contributed by atoms with E-state index in [1.165, 1.54) is 18.5 Å². The van der Waals surface area contributed by atoms with Crippen molar-refractivity contribution in [3.05, 3.63) is 41.6 Å². The van der Waals surface area contributed by atoms with Crippen LogP contribution in [0.3, 0.4) is 0 Å². The van der Waals surface area contributed by atoms with Crippen LogP contribution in [0.15, 0.2) is 30.7 Å². The number of piperidine rings is 1. The molecule has 1 saturated heterocycles. The molecule has 32 heavy (non-hydrogen) atoms. The number of H-pyrrole nitrogens is 1. The molecule has 1 aliphatic carbocycles. The molecule has 2 fully saturated rings. The minimum Gasteiger partial charge on any atom is -0.373 e. The van der Waals surface area contributed by atoms with Gasteiger partial charge in [0.2, 0.25) is 5.91 Å². The Balaban J connectivity index is 1.31. The summed E-state index contributed by atoms with van der Waals surface area (Å²) in [7, 11) is 0. The summed E-state index contributed by atoms with van der Waals surface area (Å²) < 4.78 is 13.8. The Labute approximate surface area is 189 Å². The van der Waals surface area contributed by atoms with Crippen LogP contribution in [0.4, 0.5) is 15.9 Å². The van der Waals surface area contributed by atoms with Crippen LogP contribution in [0.5, 0.6) is 0 Å². The molecule has 168 valence electrons. The van der Waals surface area contributed by atoms with Crippen molar-refractivity contribution in [2.45, 2.75) is 38.3 Å². The number of carbonyl (C=O) groups excluding carboxylic acids is 1. The normalized spacial score (nSPS) is 22.0. The number of carbonyl (C=O) groups is 1. The number of amides is 1. The third-order valence-electron chi connectivity index (χ3n) is 6.37. The van der Waals surface area contributed by atoms with Crippen molar-refractivity contribution in [2.75, 3.05) is 23.3 Å². The van der Waals surface area contributed by atoms with Crippen LogP contribution in [-0.2, 0) is 4.79 Å². The second kappa shape index (κ2) is 8.54. The smallest absolute Gasteiger partial charge is 0.243 e. The zero-order chi connectivity index (χ0) is 22.2. The zero-order valence-corrected chi connectivity index (χ0v) is 18.4. The Morgan fingerprint density at radius 3 is 2.91 bits per heavy atom. The predicted molar refractivity (Wildman–Crippen MR) is 121 cm³/mol. The van der Waals surface area contributed by atoms with E-state index >= 15 is 0 Å². The Morgan fingerprint density at radius 2 is 2.12 bits per heavy atom. The number of hydrogen-bond donors (Lipinski definition) is 3. The molecule has 0 spiro atoms. The summed E-state index contributed by atoms with van der Waals surface area (Å²) in [6.07, 6.45) is 6.13. The van der Waals surface area contributed by atoms with E-state index in [1.807, 2.05) is 0 Å². The molecule has 10 heteroatoms. The van der Waals surface area contributed by atoms with Crippen molar-refractivity contribution < 1.29 is 9.18 Å². The SMILES string of the molecule is C[C@H]1CCN(c2ncnc3[nH]ncc23)C[C@@H]1NC(=O)C(Nc1cc(F)cc(Cl)c1)C1CC1. The van der Waals surface area contributed by atoms with Gasteiger partial charge in [-0.05, 0) is 49.3 Å². The van der Waals surface area contributed by atoms with Crippen molar-refractivity contribution in [1.29, 1.82) is 0 Å². The van der Waals surface area contributed by atoms with Gasteiger partial charge in [0.25, 0.3) is 0 Å². The summed E-state index contributed by atoms with van der Waals surface area (Å²) in [5.41, 5.74) is 1.21. The molecule has 2 aliphatic rings. The highest BCUT2D eigenvalue weighted by atomic mass is 35.5. The maximum Gasteiger partial charge on any atom is 0.243 e. The monoisotopic (exact) mass is 457 g/mol. The van der Waals surface area contributed by atoms with Gasteiger partial charge in [-0.15, -0.1) is 0 Å². The van der Waals surface area contributed by atoms with E-state index in [-0.39, 0.29) is 17.9 Å². The van der Waals surface area contributed by atoms with Gasteiger partial charge >= 0.3 is 0 Å². The lowest BCUT2D eigenvalue weighted by molar-refractivity contribution is -0.123. The minimum atomic E-state index is -0.429. The van der Waals surface area contributed by atoms with Crippen molar-refractivity contribution in [3.63, 3.8) is 0 Å². The quantitative estimate of drug-likeness (QED) is 0.525. The minimum absolute atomic E-state index is 0.0349. The Kier molecular flexibility index (Phi) is 5.58. The van der Waals surface area contributed by atoms with E-state index in [4.69, 9.17) is 11.6 Å². The molecule has 1 amide bonds. The maximum absolute atomic E-state index is 13.8. The predicted octanol–water partition coefficient (Wildman–Crippen LogP) is 3.37. The van der Waals surface area contributed by atoms with Crippen LogP contribution in [0.2, 0.25) is 5.02 Å². The summed E-state index contributed by atoms with van der Waals surface area (Å²) in [5, 5.41) is 14.6. The van der Waals surface area contributed by atoms with Gasteiger partial charge in [-0.1, -0.05) is 18.5 Å². The zero-order valence-electron chi connectivity index (χ0n) is 17.7. The molecule has 5 rings (SSSR count). The molecule has 3 N–H and O–H groups in total. The van der Waals surface area contributed by atoms with E-state index in [2.05, 4.69) is 42.6 Å². The van der Waals surface area contributed by atoms with Crippen LogP contribution < -0.4 is 15.5 Å². The first kappa shape index (κ1) is 20.9. The van der Waals surface area contributed by atoms with Crippen LogP contribution >= 0.6 is 11.6 Å². The summed E-state index contributed by atoms with van der Waals surface area (Å²) in [6, 6.07) is 3.80. The highest BCUT2D eigenvalue weighted by Gasteiger charge is 2.38. The topological polar surface area (TPSA) is 98.8 Å². The van der Waals surface area contributed by atoms with E-state index in [1.54, 1.807) is 12.3 Å². The second-order valence-electron chi connectivity index (χ2n) is 8.77. The van der Waals surface area contributed by atoms with E-state index in [9.17, 15) is 9.18 Å². The number of nitrogens with zero attached hydrogens (tertiary/aromatic N) is 4. The number of hydrogen-bond acceptors (Lipinski definition) is 6. The Morgan fingerprint density at radius 1 is 1.28 bits per heavy atom. The van der Waals surface area contributed by atoms with E-state index < -0.39 is 11.9 Å². The third kappa shape index (κ3) is 4.34. The molecular weight excluding hydrogens is 433 g/mol.